The molecule has 252 valence electrons. The summed E-state index contributed by atoms with van der Waals surface area (Å²) in [5.74, 6) is -2.97. The van der Waals surface area contributed by atoms with Gasteiger partial charge in [-0.25, -0.2) is 4.98 Å². The Kier molecular flexibility index (Phi) is 11.7. The normalized spacial score (nSPS) is 19.2. The Labute approximate surface area is 329 Å². The number of carbonyl (C=O) groups is 2. The van der Waals surface area contributed by atoms with Crippen molar-refractivity contribution in [1.29, 1.82) is 0 Å². The van der Waals surface area contributed by atoms with Gasteiger partial charge in [0.15, 0.2) is 0 Å². The van der Waals surface area contributed by atoms with Crippen LogP contribution < -0.4 is 15.0 Å². The van der Waals surface area contributed by atoms with Crippen molar-refractivity contribution in [3.05, 3.63) is 63.6 Å². The topological polar surface area (TPSA) is 80.8 Å². The molecule has 4 rings (SSSR count). The molecule has 1 atom stereocenters. The molecule has 1 aliphatic heterocycles. The standard InChI is InChI=1S/C32H27B10BrF3N3O4/c1-15-23(25(51)47-14-16(9-12-22(50)53-26(2,3)4)18-7-5-6-8-21(18)52-32(44,45)46)19-13-17(43)10-11-20(19)48-24(15)49-30(39,40)28(35,36)27(33,34)29(37,38)31(49,41)42/h5-8,10-11,13,16H,9,12,14H2,1-4H3,(H,47,51). The highest BCUT2D eigenvalue weighted by atomic mass is 79.9. The number of nitrogens with one attached hydrogen (secondary N) is 1. The van der Waals surface area contributed by atoms with E-state index in [-0.39, 0.29) is 47.4 Å². The van der Waals surface area contributed by atoms with E-state index in [1.165, 1.54) is 25.1 Å². The van der Waals surface area contributed by atoms with Crippen molar-refractivity contribution in [3.63, 3.8) is 0 Å². The van der Waals surface area contributed by atoms with E-state index in [0.717, 1.165) is 11.0 Å². The van der Waals surface area contributed by atoms with Crippen molar-refractivity contribution in [1.82, 2.24) is 10.3 Å². The van der Waals surface area contributed by atoms with Gasteiger partial charge in [-0.1, -0.05) is 34.1 Å². The molecule has 0 spiro atoms. The number of amides is 1. The number of fused-ring (bicyclic) bond motifs is 1. The quantitative estimate of drug-likeness (QED) is 0.267. The van der Waals surface area contributed by atoms with Crippen LogP contribution in [0.2, 0.25) is 15.6 Å². The van der Waals surface area contributed by atoms with Crippen LogP contribution in [0.25, 0.3) is 10.9 Å². The van der Waals surface area contributed by atoms with E-state index in [1.807, 2.05) is 0 Å². The molecule has 3 aromatic rings. The summed E-state index contributed by atoms with van der Waals surface area (Å²) in [4.78, 5) is 32.5. The van der Waals surface area contributed by atoms with Crippen LogP contribution in [0.15, 0.2) is 46.9 Å². The van der Waals surface area contributed by atoms with Gasteiger partial charge in [-0.05, 0) is 74.6 Å². The van der Waals surface area contributed by atoms with Crippen molar-refractivity contribution >= 4 is 123 Å². The molecule has 1 unspecified atom stereocenters. The Hall–Kier alpha value is -2.69. The summed E-state index contributed by atoms with van der Waals surface area (Å²) in [7, 11) is 63.9. The Balaban J connectivity index is 1.84. The third-order valence-electron chi connectivity index (χ3n) is 9.25. The Bertz CT molecular complexity index is 1880. The summed E-state index contributed by atoms with van der Waals surface area (Å²) >= 11 is 3.40. The van der Waals surface area contributed by atoms with Crippen molar-refractivity contribution in [2.24, 2.45) is 0 Å². The van der Waals surface area contributed by atoms with E-state index in [2.05, 4.69) is 31.0 Å². The number of ether oxygens (including phenoxy) is 2. The fourth-order valence-electron chi connectivity index (χ4n) is 6.25. The van der Waals surface area contributed by atoms with E-state index in [9.17, 15) is 22.8 Å². The average Bonchev–Trinajstić information content (AvgIpc) is 2.99. The molecule has 1 saturated heterocycles. The number of hydrogen-bond acceptors (Lipinski definition) is 6. The molecule has 0 bridgehead atoms. The first-order valence-corrected chi connectivity index (χ1v) is 16.9. The Morgan fingerprint density at radius 1 is 0.906 bits per heavy atom. The second-order valence-corrected chi connectivity index (χ2v) is 15.2. The summed E-state index contributed by atoms with van der Waals surface area (Å²) in [5, 5.41) is -9.55. The summed E-state index contributed by atoms with van der Waals surface area (Å²) in [6.07, 6.45) is -5.26. The lowest BCUT2D eigenvalue weighted by Crippen LogP contribution is -2.81. The first-order valence-electron chi connectivity index (χ1n) is 16.1. The molecule has 1 aromatic heterocycles. The van der Waals surface area contributed by atoms with E-state index >= 15 is 0 Å². The van der Waals surface area contributed by atoms with Gasteiger partial charge in [0.05, 0.1) is 89.5 Å². The van der Waals surface area contributed by atoms with Crippen LogP contribution in [0.1, 0.15) is 61.0 Å². The molecule has 0 saturated carbocycles. The number of hydrogen-bond donors (Lipinski definition) is 1. The zero-order valence-electron chi connectivity index (χ0n) is 29.6. The van der Waals surface area contributed by atoms with Gasteiger partial charge in [0.2, 0.25) is 0 Å². The monoisotopic (exact) mass is 763 g/mol. The molecule has 1 aliphatic rings. The lowest BCUT2D eigenvalue weighted by molar-refractivity contribution is -0.275. The zero-order chi connectivity index (χ0) is 40.3. The van der Waals surface area contributed by atoms with E-state index in [1.54, 1.807) is 39.0 Å². The summed E-state index contributed by atoms with van der Waals surface area (Å²) in [6, 6.07) is 10.2. The number of anilines is 1. The van der Waals surface area contributed by atoms with Crippen molar-refractivity contribution in [2.45, 2.75) is 84.7 Å². The molecule has 7 nitrogen and oxygen atoms in total. The zero-order valence-corrected chi connectivity index (χ0v) is 31.1. The van der Waals surface area contributed by atoms with Gasteiger partial charge in [-0.15, -0.1) is 28.8 Å². The number of piperidine rings is 1. The largest absolute Gasteiger partial charge is 0.573 e. The molecular formula is C32H27B10BrF3N3O4. The highest BCUT2D eigenvalue weighted by molar-refractivity contribution is 9.10. The SMILES string of the molecule is [B]C1([B])N(c2nc3ccc(Br)cc3c(C(=O)NCC(CCC(=O)OC(C)(C)C)c3ccccc3OC(F)(F)F)c2C)C([B])([B])C([B])([B])C([B])([B])C1([B])[B]. The van der Waals surface area contributed by atoms with Gasteiger partial charge in [0, 0.05) is 34.3 Å². The fraction of sp³-hybridized carbons (Fsp3) is 0.469. The third kappa shape index (κ3) is 8.02. The molecule has 0 aliphatic carbocycles. The smallest absolute Gasteiger partial charge is 0.460 e. The highest BCUT2D eigenvalue weighted by Crippen LogP contribution is 2.69. The second kappa shape index (κ2) is 14.4. The van der Waals surface area contributed by atoms with Crippen LogP contribution in [0.5, 0.6) is 5.75 Å². The maximum absolute atomic E-state index is 14.3. The van der Waals surface area contributed by atoms with E-state index < -0.39 is 61.8 Å². The maximum Gasteiger partial charge on any atom is 0.573 e. The van der Waals surface area contributed by atoms with Gasteiger partial charge >= 0.3 is 12.3 Å². The number of benzene rings is 2. The second-order valence-electron chi connectivity index (χ2n) is 14.3. The van der Waals surface area contributed by atoms with Crippen LogP contribution in [0.4, 0.5) is 19.0 Å². The number of para-hydroxylation sites is 1. The predicted octanol–water partition coefficient (Wildman–Crippen LogP) is 3.00. The van der Waals surface area contributed by atoms with Crippen LogP contribution in [-0.4, -0.2) is 125 Å². The summed E-state index contributed by atoms with van der Waals surface area (Å²) in [6.45, 7) is 6.22. The van der Waals surface area contributed by atoms with E-state index in [0.29, 0.717) is 9.86 Å². The molecule has 53 heavy (non-hydrogen) atoms. The molecule has 20 radical (unpaired) electrons. The van der Waals surface area contributed by atoms with Gasteiger partial charge in [-0.3, -0.25) is 9.59 Å². The van der Waals surface area contributed by atoms with E-state index in [4.69, 9.17) is 83.2 Å². The maximum atomic E-state index is 14.3. The van der Waals surface area contributed by atoms with Gasteiger partial charge in [-0.2, -0.15) is 0 Å². The first-order chi connectivity index (χ1) is 24.0. The molecule has 1 amide bonds. The van der Waals surface area contributed by atoms with Crippen LogP contribution in [-0.2, 0) is 9.53 Å². The van der Waals surface area contributed by atoms with Crippen LogP contribution in [0, 0.1) is 6.92 Å². The molecule has 2 aromatic carbocycles. The number of pyridine rings is 1. The third-order valence-corrected chi connectivity index (χ3v) is 9.74. The summed E-state index contributed by atoms with van der Waals surface area (Å²) in [5.41, 5.74) is -0.518. The number of nitrogens with zero attached hydrogens (tertiary/aromatic N) is 2. The molecular weight excluding hydrogens is 735 g/mol. The highest BCUT2D eigenvalue weighted by Gasteiger charge is 2.64. The van der Waals surface area contributed by atoms with Crippen molar-refractivity contribution in [2.75, 3.05) is 11.4 Å². The van der Waals surface area contributed by atoms with Crippen molar-refractivity contribution < 1.29 is 32.2 Å². The molecule has 1 N–H and O–H groups in total. The van der Waals surface area contributed by atoms with Gasteiger partial charge in [0.1, 0.15) is 17.2 Å². The lowest BCUT2D eigenvalue weighted by atomic mass is 9.05. The number of carbonyl (C=O) groups excluding carboxylic acids is 2. The van der Waals surface area contributed by atoms with Crippen LogP contribution >= 0.6 is 15.9 Å². The Morgan fingerprint density at radius 3 is 2.02 bits per heavy atom. The van der Waals surface area contributed by atoms with Crippen molar-refractivity contribution in [3.8, 4) is 5.75 Å². The number of alkyl halides is 3. The minimum absolute atomic E-state index is 0.0276. The first kappa shape index (κ1) is 43.0. The van der Waals surface area contributed by atoms with Gasteiger partial charge < -0.3 is 19.7 Å². The molecule has 21 heteroatoms. The molecule has 1 fully saturated rings. The van der Waals surface area contributed by atoms with Gasteiger partial charge in [0.25, 0.3) is 5.91 Å². The lowest BCUT2D eigenvalue weighted by Gasteiger charge is -2.79. The Morgan fingerprint density at radius 2 is 1.47 bits per heavy atom. The number of halogens is 4. The number of esters is 1. The number of aromatic nitrogens is 1. The predicted molar refractivity (Wildman–Crippen MR) is 211 cm³/mol. The minimum atomic E-state index is -5.02. The minimum Gasteiger partial charge on any atom is -0.460 e. The average molecular weight is 763 g/mol. The summed E-state index contributed by atoms with van der Waals surface area (Å²) < 4.78 is 50.5. The fourth-order valence-corrected chi connectivity index (χ4v) is 6.61. The molecule has 2 heterocycles. The number of rotatable bonds is 9. The van der Waals surface area contributed by atoms with Crippen LogP contribution in [0.3, 0.4) is 0 Å².